The first kappa shape index (κ1) is 16.5. The van der Waals surface area contributed by atoms with Gasteiger partial charge in [-0.1, -0.05) is 25.8 Å². The third-order valence-corrected chi connectivity index (χ3v) is 3.97. The van der Waals surface area contributed by atoms with Gasteiger partial charge in [-0.25, -0.2) is 13.6 Å². The number of ether oxygens (including phenoxy) is 1. The number of unbranched alkanes of at least 4 members (excludes halogenated alkanes) is 1. The molecule has 0 aliphatic carbocycles. The summed E-state index contributed by atoms with van der Waals surface area (Å²) in [7, 11) is -2.64. The van der Waals surface area contributed by atoms with Crippen molar-refractivity contribution >= 4 is 16.0 Å². The van der Waals surface area contributed by atoms with Crippen molar-refractivity contribution in [3.63, 3.8) is 0 Å². The van der Waals surface area contributed by atoms with E-state index >= 15 is 0 Å². The van der Waals surface area contributed by atoms with Crippen molar-refractivity contribution in [1.82, 2.24) is 0 Å². The van der Waals surface area contributed by atoms with E-state index in [1.165, 1.54) is 19.2 Å². The topological polar surface area (TPSA) is 107 Å². The summed E-state index contributed by atoms with van der Waals surface area (Å²) in [6, 6.07) is 4.27. The number of methoxy groups -OCH3 is 1. The maximum Gasteiger partial charge on any atom is 0.310 e. The van der Waals surface area contributed by atoms with E-state index in [1.807, 2.05) is 6.92 Å². The first-order chi connectivity index (χ1) is 9.31. The minimum absolute atomic E-state index is 0.107. The molecule has 0 amide bonds. The molecule has 1 unspecified atom stereocenters. The van der Waals surface area contributed by atoms with Crippen LogP contribution in [0.5, 0.6) is 5.75 Å². The van der Waals surface area contributed by atoms with Crippen molar-refractivity contribution in [3.05, 3.63) is 23.8 Å². The second kappa shape index (κ2) is 6.71. The van der Waals surface area contributed by atoms with Gasteiger partial charge in [0.25, 0.3) is 0 Å². The van der Waals surface area contributed by atoms with Crippen LogP contribution in [0.25, 0.3) is 0 Å². The van der Waals surface area contributed by atoms with E-state index in [0.29, 0.717) is 12.0 Å². The van der Waals surface area contributed by atoms with E-state index in [-0.39, 0.29) is 10.6 Å². The molecule has 1 aromatic rings. The van der Waals surface area contributed by atoms with Crippen molar-refractivity contribution in [2.75, 3.05) is 7.11 Å². The van der Waals surface area contributed by atoms with Crippen LogP contribution in [0.1, 0.15) is 37.7 Å². The lowest BCUT2D eigenvalue weighted by Crippen LogP contribution is -2.16. The molecule has 0 aliphatic rings. The second-order valence-electron chi connectivity index (χ2n) is 4.49. The summed E-state index contributed by atoms with van der Waals surface area (Å²) in [5.74, 6) is -1.62. The average Bonchev–Trinajstić information content (AvgIpc) is 2.37. The molecular formula is C13H19NO5S. The van der Waals surface area contributed by atoms with Crippen LogP contribution in [0.2, 0.25) is 0 Å². The van der Waals surface area contributed by atoms with E-state index in [4.69, 9.17) is 9.88 Å². The van der Waals surface area contributed by atoms with Gasteiger partial charge < -0.3 is 9.84 Å². The van der Waals surface area contributed by atoms with Gasteiger partial charge in [-0.15, -0.1) is 0 Å². The zero-order valence-electron chi connectivity index (χ0n) is 11.5. The first-order valence-electron chi connectivity index (χ1n) is 6.24. The predicted molar refractivity (Wildman–Crippen MR) is 74.3 cm³/mol. The van der Waals surface area contributed by atoms with Crippen LogP contribution in [0, 0.1) is 0 Å². The van der Waals surface area contributed by atoms with Crippen molar-refractivity contribution < 1.29 is 23.1 Å². The van der Waals surface area contributed by atoms with Gasteiger partial charge in [-0.2, -0.15) is 0 Å². The molecule has 0 bridgehead atoms. The minimum atomic E-state index is -3.97. The summed E-state index contributed by atoms with van der Waals surface area (Å²) in [5, 5.41) is 14.4. The predicted octanol–water partition coefficient (Wildman–Crippen LogP) is 1.70. The minimum Gasteiger partial charge on any atom is -0.495 e. The number of carboxylic acids is 1. The lowest BCUT2D eigenvalue weighted by molar-refractivity contribution is -0.139. The van der Waals surface area contributed by atoms with E-state index in [0.717, 1.165) is 12.8 Å². The molecule has 3 N–H and O–H groups in total. The number of nitrogens with two attached hydrogens (primary N) is 1. The van der Waals surface area contributed by atoms with Crippen LogP contribution in [-0.2, 0) is 14.8 Å². The van der Waals surface area contributed by atoms with Gasteiger partial charge >= 0.3 is 5.97 Å². The molecule has 0 aromatic heterocycles. The highest BCUT2D eigenvalue weighted by molar-refractivity contribution is 7.89. The molecule has 112 valence electrons. The Bertz CT molecular complexity index is 582. The smallest absolute Gasteiger partial charge is 0.310 e. The molecule has 1 atom stereocenters. The fourth-order valence-corrected chi connectivity index (χ4v) is 2.71. The van der Waals surface area contributed by atoms with Crippen LogP contribution in [0.15, 0.2) is 23.1 Å². The van der Waals surface area contributed by atoms with Crippen molar-refractivity contribution in [2.45, 2.75) is 37.0 Å². The molecule has 0 radical (unpaired) electrons. The van der Waals surface area contributed by atoms with E-state index in [2.05, 4.69) is 0 Å². The number of hydrogen-bond donors (Lipinski definition) is 2. The van der Waals surface area contributed by atoms with Crippen LogP contribution in [0.4, 0.5) is 0 Å². The standard InChI is InChI=1S/C13H19NO5S/c1-3-4-5-10(13(15)16)9-6-7-11(19-2)12(8-9)20(14,17)18/h6-8,10H,3-5H2,1-2H3,(H,15,16)(H2,14,17,18). The van der Waals surface area contributed by atoms with Crippen LogP contribution >= 0.6 is 0 Å². The van der Waals surface area contributed by atoms with Crippen molar-refractivity contribution in [1.29, 1.82) is 0 Å². The highest BCUT2D eigenvalue weighted by atomic mass is 32.2. The number of carbonyl (C=O) groups is 1. The summed E-state index contributed by atoms with van der Waals surface area (Å²) >= 11 is 0. The molecule has 20 heavy (non-hydrogen) atoms. The normalized spacial score (nSPS) is 12.9. The van der Waals surface area contributed by atoms with Crippen LogP contribution in [0.3, 0.4) is 0 Å². The van der Waals surface area contributed by atoms with E-state index in [1.54, 1.807) is 6.07 Å². The molecule has 0 aliphatic heterocycles. The Morgan fingerprint density at radius 2 is 2.10 bits per heavy atom. The summed E-state index contributed by atoms with van der Waals surface area (Å²) < 4.78 is 28.0. The van der Waals surface area contributed by atoms with Crippen LogP contribution < -0.4 is 9.88 Å². The Kier molecular flexibility index (Phi) is 5.52. The fraction of sp³-hybridized carbons (Fsp3) is 0.462. The third kappa shape index (κ3) is 3.94. The molecule has 0 saturated heterocycles. The Balaban J connectivity index is 3.28. The molecule has 0 spiro atoms. The monoisotopic (exact) mass is 301 g/mol. The molecule has 7 heteroatoms. The lowest BCUT2D eigenvalue weighted by Gasteiger charge is -2.15. The molecule has 1 aromatic carbocycles. The van der Waals surface area contributed by atoms with Gasteiger partial charge in [-0.3, -0.25) is 4.79 Å². The number of aliphatic carboxylic acids is 1. The summed E-state index contributed by atoms with van der Waals surface area (Å²) in [6.07, 6.45) is 2.05. The lowest BCUT2D eigenvalue weighted by atomic mass is 9.94. The molecule has 0 fully saturated rings. The van der Waals surface area contributed by atoms with E-state index < -0.39 is 21.9 Å². The molecular weight excluding hydrogens is 282 g/mol. The number of carboxylic acid groups (broad SMARTS) is 1. The van der Waals surface area contributed by atoms with Gasteiger partial charge in [-0.05, 0) is 24.1 Å². The maximum absolute atomic E-state index is 11.5. The number of sulfonamides is 1. The molecule has 6 nitrogen and oxygen atoms in total. The number of hydrogen-bond acceptors (Lipinski definition) is 4. The van der Waals surface area contributed by atoms with Crippen molar-refractivity contribution in [3.8, 4) is 5.75 Å². The van der Waals surface area contributed by atoms with Gasteiger partial charge in [0.2, 0.25) is 10.0 Å². The van der Waals surface area contributed by atoms with Gasteiger partial charge in [0.1, 0.15) is 10.6 Å². The zero-order valence-corrected chi connectivity index (χ0v) is 12.3. The second-order valence-corrected chi connectivity index (χ2v) is 6.02. The quantitative estimate of drug-likeness (QED) is 0.797. The average molecular weight is 301 g/mol. The van der Waals surface area contributed by atoms with Gasteiger partial charge in [0.15, 0.2) is 0 Å². The Morgan fingerprint density at radius 1 is 1.45 bits per heavy atom. The highest BCUT2D eigenvalue weighted by Gasteiger charge is 2.23. The Hall–Kier alpha value is -1.60. The number of primary sulfonamides is 1. The molecule has 0 heterocycles. The van der Waals surface area contributed by atoms with Gasteiger partial charge in [0, 0.05) is 0 Å². The molecule has 1 rings (SSSR count). The highest BCUT2D eigenvalue weighted by Crippen LogP contribution is 2.29. The maximum atomic E-state index is 11.5. The summed E-state index contributed by atoms with van der Waals surface area (Å²) in [5.41, 5.74) is 0.413. The van der Waals surface area contributed by atoms with Crippen molar-refractivity contribution in [2.24, 2.45) is 5.14 Å². The number of benzene rings is 1. The van der Waals surface area contributed by atoms with E-state index in [9.17, 15) is 18.3 Å². The first-order valence-corrected chi connectivity index (χ1v) is 7.79. The SMILES string of the molecule is CCCCC(C(=O)O)c1ccc(OC)c(S(N)(=O)=O)c1. The van der Waals surface area contributed by atoms with Crippen LogP contribution in [-0.4, -0.2) is 26.6 Å². The largest absolute Gasteiger partial charge is 0.495 e. The summed E-state index contributed by atoms with van der Waals surface area (Å²) in [6.45, 7) is 1.96. The zero-order chi connectivity index (χ0) is 15.3. The van der Waals surface area contributed by atoms with Gasteiger partial charge in [0.05, 0.1) is 13.0 Å². The third-order valence-electron chi connectivity index (χ3n) is 3.04. The Labute approximate surface area is 118 Å². The fourth-order valence-electron chi connectivity index (χ4n) is 1.97. The summed E-state index contributed by atoms with van der Waals surface area (Å²) in [4.78, 5) is 11.1. The molecule has 0 saturated carbocycles. The number of rotatable bonds is 7. The Morgan fingerprint density at radius 3 is 2.55 bits per heavy atom.